The van der Waals surface area contributed by atoms with Crippen LogP contribution < -0.4 is 10.5 Å². The molecule has 1 heterocycles. The van der Waals surface area contributed by atoms with E-state index in [0.29, 0.717) is 5.92 Å². The van der Waals surface area contributed by atoms with Crippen LogP contribution in [0.15, 0.2) is 17.3 Å². The molecule has 0 amide bonds. The number of anilines is 1. The van der Waals surface area contributed by atoms with Gasteiger partial charge in [0.15, 0.2) is 0 Å². The van der Waals surface area contributed by atoms with Crippen LogP contribution >= 0.6 is 0 Å². The van der Waals surface area contributed by atoms with Crippen LogP contribution in [0.5, 0.6) is 0 Å². The first-order valence-electron chi connectivity index (χ1n) is 5.95. The molecule has 7 heteroatoms. The molecule has 3 N–H and O–H groups in total. The van der Waals surface area contributed by atoms with E-state index >= 15 is 0 Å². The normalized spacial score (nSPS) is 15.3. The minimum atomic E-state index is -3.56. The lowest BCUT2D eigenvalue weighted by atomic mass is 10.0. The summed E-state index contributed by atoms with van der Waals surface area (Å²) >= 11 is 0. The summed E-state index contributed by atoms with van der Waals surface area (Å²) in [5, 5.41) is 0. The third kappa shape index (κ3) is 4.23. The number of nitrogens with zero attached hydrogens (tertiary/aromatic N) is 2. The molecule has 2 atom stereocenters. The Morgan fingerprint density at radius 2 is 1.89 bits per heavy atom. The van der Waals surface area contributed by atoms with E-state index in [1.807, 2.05) is 6.92 Å². The molecule has 0 radical (unpaired) electrons. The number of nitrogens with one attached hydrogen (secondary N) is 1. The number of sulfonamides is 1. The van der Waals surface area contributed by atoms with E-state index in [4.69, 9.17) is 5.73 Å². The van der Waals surface area contributed by atoms with Crippen LogP contribution in [-0.2, 0) is 10.0 Å². The van der Waals surface area contributed by atoms with Gasteiger partial charge in [-0.05, 0) is 19.3 Å². The van der Waals surface area contributed by atoms with Gasteiger partial charge in [0.25, 0.3) is 0 Å². The number of aromatic nitrogens is 2. The van der Waals surface area contributed by atoms with Gasteiger partial charge < -0.3 is 5.73 Å². The summed E-state index contributed by atoms with van der Waals surface area (Å²) in [6.45, 7) is 6.03. The van der Waals surface area contributed by atoms with Gasteiger partial charge in [0, 0.05) is 6.04 Å². The molecule has 0 aromatic carbocycles. The van der Waals surface area contributed by atoms with Gasteiger partial charge in [-0.2, -0.15) is 0 Å². The van der Waals surface area contributed by atoms with Gasteiger partial charge in [-0.15, -0.1) is 0 Å². The third-order valence-electron chi connectivity index (χ3n) is 2.77. The van der Waals surface area contributed by atoms with E-state index in [9.17, 15) is 8.42 Å². The van der Waals surface area contributed by atoms with Crippen LogP contribution in [0.1, 0.15) is 33.6 Å². The van der Waals surface area contributed by atoms with Gasteiger partial charge in [-0.1, -0.05) is 20.3 Å². The van der Waals surface area contributed by atoms with Crippen molar-refractivity contribution in [1.29, 1.82) is 0 Å². The van der Waals surface area contributed by atoms with E-state index < -0.39 is 10.0 Å². The second-order valence-corrected chi connectivity index (χ2v) is 6.26. The van der Waals surface area contributed by atoms with Crippen molar-refractivity contribution >= 4 is 16.0 Å². The Morgan fingerprint density at radius 3 is 2.39 bits per heavy atom. The fraction of sp³-hybridized carbons (Fsp3) is 0.636. The van der Waals surface area contributed by atoms with Crippen molar-refractivity contribution in [2.24, 2.45) is 5.92 Å². The first-order valence-corrected chi connectivity index (χ1v) is 7.43. The molecule has 0 aliphatic carbocycles. The molecule has 1 aromatic heterocycles. The largest absolute Gasteiger partial charge is 0.368 e. The predicted molar refractivity (Wildman–Crippen MR) is 70.3 cm³/mol. The summed E-state index contributed by atoms with van der Waals surface area (Å²) < 4.78 is 26.6. The number of nitrogen functional groups attached to an aromatic ring is 1. The Bertz CT molecular complexity index is 472. The summed E-state index contributed by atoms with van der Waals surface area (Å²) in [7, 11) is -3.56. The Labute approximate surface area is 108 Å². The summed E-state index contributed by atoms with van der Waals surface area (Å²) in [4.78, 5) is 7.39. The Balaban J connectivity index is 2.73. The molecular formula is C11H20N4O2S. The summed E-state index contributed by atoms with van der Waals surface area (Å²) in [5.41, 5.74) is 5.32. The quantitative estimate of drug-likeness (QED) is 0.809. The van der Waals surface area contributed by atoms with Crippen LogP contribution in [0.4, 0.5) is 5.95 Å². The van der Waals surface area contributed by atoms with Gasteiger partial charge >= 0.3 is 0 Å². The van der Waals surface area contributed by atoms with E-state index in [1.54, 1.807) is 0 Å². The summed E-state index contributed by atoms with van der Waals surface area (Å²) in [6, 6.07) is -0.123. The molecule has 0 aliphatic rings. The van der Waals surface area contributed by atoms with Crippen molar-refractivity contribution in [3.63, 3.8) is 0 Å². The van der Waals surface area contributed by atoms with Crippen molar-refractivity contribution in [2.45, 2.75) is 44.6 Å². The zero-order valence-electron chi connectivity index (χ0n) is 10.9. The maximum Gasteiger partial charge on any atom is 0.243 e. The Morgan fingerprint density at radius 1 is 1.33 bits per heavy atom. The molecule has 6 nitrogen and oxygen atoms in total. The minimum absolute atomic E-state index is 0.0349. The maximum atomic E-state index is 12.0. The van der Waals surface area contributed by atoms with Crippen LogP contribution in [-0.4, -0.2) is 24.4 Å². The highest BCUT2D eigenvalue weighted by Gasteiger charge is 2.19. The molecule has 1 aromatic rings. The molecule has 102 valence electrons. The van der Waals surface area contributed by atoms with Gasteiger partial charge in [-0.3, -0.25) is 0 Å². The SMILES string of the molecule is CCC(C)CC(C)NS(=O)(=O)c1cnc(N)nc1. The van der Waals surface area contributed by atoms with E-state index in [0.717, 1.165) is 12.8 Å². The number of rotatable bonds is 6. The second-order valence-electron chi connectivity index (χ2n) is 4.55. The topological polar surface area (TPSA) is 98.0 Å². The van der Waals surface area contributed by atoms with Gasteiger partial charge in [0.2, 0.25) is 16.0 Å². The van der Waals surface area contributed by atoms with Crippen molar-refractivity contribution in [3.8, 4) is 0 Å². The van der Waals surface area contributed by atoms with Gasteiger partial charge in [0.1, 0.15) is 4.90 Å². The van der Waals surface area contributed by atoms with Gasteiger partial charge in [-0.25, -0.2) is 23.1 Å². The lowest BCUT2D eigenvalue weighted by Crippen LogP contribution is -2.33. The summed E-state index contributed by atoms with van der Waals surface area (Å²) in [6.07, 6.45) is 4.24. The van der Waals surface area contributed by atoms with Crippen molar-refractivity contribution < 1.29 is 8.42 Å². The lowest BCUT2D eigenvalue weighted by molar-refractivity contribution is 0.445. The van der Waals surface area contributed by atoms with E-state index in [2.05, 4.69) is 28.5 Å². The Hall–Kier alpha value is -1.21. The molecule has 0 saturated heterocycles. The molecule has 0 spiro atoms. The lowest BCUT2D eigenvalue weighted by Gasteiger charge is -2.17. The predicted octanol–water partition coefficient (Wildman–Crippen LogP) is 1.16. The third-order valence-corrected chi connectivity index (χ3v) is 4.31. The highest BCUT2D eigenvalue weighted by Crippen LogP contribution is 2.12. The first kappa shape index (κ1) is 14.8. The van der Waals surface area contributed by atoms with Gasteiger partial charge in [0.05, 0.1) is 12.4 Å². The highest BCUT2D eigenvalue weighted by atomic mass is 32.2. The zero-order valence-corrected chi connectivity index (χ0v) is 11.7. The molecular weight excluding hydrogens is 252 g/mol. The van der Waals surface area contributed by atoms with Crippen molar-refractivity contribution in [3.05, 3.63) is 12.4 Å². The average molecular weight is 272 g/mol. The number of hydrogen-bond donors (Lipinski definition) is 2. The van der Waals surface area contributed by atoms with Crippen LogP contribution in [0.25, 0.3) is 0 Å². The average Bonchev–Trinajstić information content (AvgIpc) is 2.28. The Kier molecular flexibility index (Phi) is 5.03. The summed E-state index contributed by atoms with van der Waals surface area (Å²) in [5.74, 6) is 0.534. The monoisotopic (exact) mass is 272 g/mol. The molecule has 18 heavy (non-hydrogen) atoms. The smallest absolute Gasteiger partial charge is 0.243 e. The molecule has 2 unspecified atom stereocenters. The standard InChI is InChI=1S/C11H20N4O2S/c1-4-8(2)5-9(3)15-18(16,17)10-6-13-11(12)14-7-10/h6-9,15H,4-5H2,1-3H3,(H2,12,13,14). The molecule has 0 bridgehead atoms. The second kappa shape index (κ2) is 6.10. The van der Waals surface area contributed by atoms with E-state index in [-0.39, 0.29) is 16.9 Å². The fourth-order valence-electron chi connectivity index (χ4n) is 1.62. The molecule has 0 saturated carbocycles. The highest BCUT2D eigenvalue weighted by molar-refractivity contribution is 7.89. The number of nitrogens with two attached hydrogens (primary N) is 1. The zero-order chi connectivity index (χ0) is 13.8. The molecule has 0 aliphatic heterocycles. The molecule has 1 rings (SSSR count). The fourth-order valence-corrected chi connectivity index (χ4v) is 2.76. The first-order chi connectivity index (χ1) is 8.35. The van der Waals surface area contributed by atoms with Crippen LogP contribution in [0.3, 0.4) is 0 Å². The van der Waals surface area contributed by atoms with Crippen LogP contribution in [0, 0.1) is 5.92 Å². The van der Waals surface area contributed by atoms with Crippen LogP contribution in [0.2, 0.25) is 0 Å². The van der Waals surface area contributed by atoms with Crippen molar-refractivity contribution in [2.75, 3.05) is 5.73 Å². The number of hydrogen-bond acceptors (Lipinski definition) is 5. The minimum Gasteiger partial charge on any atom is -0.368 e. The van der Waals surface area contributed by atoms with E-state index in [1.165, 1.54) is 12.4 Å². The van der Waals surface area contributed by atoms with Crippen molar-refractivity contribution in [1.82, 2.24) is 14.7 Å². The molecule has 0 fully saturated rings. The maximum absolute atomic E-state index is 12.0.